The average molecular weight is 328 g/mol. The zero-order valence-corrected chi connectivity index (χ0v) is 12.2. The van der Waals surface area contributed by atoms with E-state index in [4.69, 9.17) is 27.1 Å². The molecule has 116 valence electrons. The van der Waals surface area contributed by atoms with Crippen LogP contribution in [0.4, 0.5) is 21.7 Å². The summed E-state index contributed by atoms with van der Waals surface area (Å²) in [6.07, 6.45) is -2.79. The Kier molecular flexibility index (Phi) is 3.18. The second kappa shape index (κ2) is 4.87. The fourth-order valence-corrected chi connectivity index (χ4v) is 3.84. The molecule has 0 amide bonds. The molecule has 4 rings (SSSR count). The van der Waals surface area contributed by atoms with Crippen molar-refractivity contribution in [2.45, 2.75) is 24.6 Å². The Balaban J connectivity index is 1.60. The molecule has 3 aliphatic heterocycles. The smallest absolute Gasteiger partial charge is 0.382 e. The molecular weight excluding hydrogens is 315 g/mol. The van der Waals surface area contributed by atoms with Crippen LogP contribution in [0.2, 0.25) is 0 Å². The Hall–Kier alpha value is -1.26. The van der Waals surface area contributed by atoms with Crippen molar-refractivity contribution in [2.24, 2.45) is 0 Å². The van der Waals surface area contributed by atoms with E-state index in [9.17, 15) is 9.28 Å². The largest absolute Gasteiger partial charge is 0.488 e. The molecule has 1 aromatic rings. The number of nitrogens with one attached hydrogen (secondary N) is 1. The quantitative estimate of drug-likeness (QED) is 0.466. The van der Waals surface area contributed by atoms with Crippen molar-refractivity contribution in [3.8, 4) is 0 Å². The number of fused-ring (bicyclic) bond motifs is 2. The van der Waals surface area contributed by atoms with Crippen LogP contribution in [-0.2, 0) is 13.8 Å². The van der Waals surface area contributed by atoms with Crippen LogP contribution in [-0.4, -0.2) is 60.3 Å². The maximum atomic E-state index is 14.7. The van der Waals surface area contributed by atoms with E-state index < -0.39 is 32.4 Å². The maximum Gasteiger partial charge on any atom is 0.488 e. The Morgan fingerprint density at radius 3 is 3.18 bits per heavy atom. The van der Waals surface area contributed by atoms with E-state index in [2.05, 4.69) is 15.3 Å². The lowest BCUT2D eigenvalue weighted by molar-refractivity contribution is -0.0433. The number of nitrogen functional groups attached to an aromatic ring is 1. The van der Waals surface area contributed by atoms with Gasteiger partial charge in [-0.1, -0.05) is 0 Å². The van der Waals surface area contributed by atoms with E-state index in [0.717, 1.165) is 0 Å². The molecule has 5 atom stereocenters. The Morgan fingerprint density at radius 2 is 2.36 bits per heavy atom. The van der Waals surface area contributed by atoms with Crippen molar-refractivity contribution in [1.29, 1.82) is 0 Å². The molecule has 9 nitrogen and oxygen atoms in total. The van der Waals surface area contributed by atoms with Crippen LogP contribution >= 0.6 is 7.82 Å². The molecule has 4 unspecified atom stereocenters. The summed E-state index contributed by atoms with van der Waals surface area (Å²) >= 11 is 0. The minimum Gasteiger partial charge on any atom is -0.382 e. The third-order valence-corrected chi connectivity index (χ3v) is 4.89. The van der Waals surface area contributed by atoms with Crippen molar-refractivity contribution < 1.29 is 23.1 Å². The van der Waals surface area contributed by atoms with Crippen molar-refractivity contribution in [1.82, 2.24) is 9.97 Å². The molecule has 0 aliphatic carbocycles. The lowest BCUT2D eigenvalue weighted by atomic mass is 10.1. The molecule has 0 aromatic carbocycles. The van der Waals surface area contributed by atoms with E-state index in [-0.39, 0.29) is 19.1 Å². The molecule has 4 heterocycles. The minimum atomic E-state index is -3.48. The summed E-state index contributed by atoms with van der Waals surface area (Å²) in [6, 6.07) is 0. The van der Waals surface area contributed by atoms with Gasteiger partial charge < -0.3 is 20.7 Å². The summed E-state index contributed by atoms with van der Waals surface area (Å²) in [5.74, 6) is 0.734. The molecule has 0 bridgehead atoms. The number of ether oxygens (including phenoxy) is 1. The lowest BCUT2D eigenvalue weighted by Crippen LogP contribution is -2.43. The summed E-state index contributed by atoms with van der Waals surface area (Å²) in [7, 11) is 1.95. The van der Waals surface area contributed by atoms with E-state index in [1.165, 1.54) is 6.33 Å². The van der Waals surface area contributed by atoms with Gasteiger partial charge in [0.15, 0.2) is 30.1 Å². The highest BCUT2D eigenvalue weighted by Crippen LogP contribution is 2.58. The molecule has 22 heavy (non-hydrogen) atoms. The van der Waals surface area contributed by atoms with Crippen LogP contribution in [0, 0.1) is 0 Å². The second-order valence-corrected chi connectivity index (χ2v) is 6.80. The number of aromatic nitrogens is 2. The molecule has 2 radical (unpaired) electrons. The molecule has 4 N–H and O–H groups in total. The predicted octanol–water partition coefficient (Wildman–Crippen LogP) is -0.435. The van der Waals surface area contributed by atoms with Gasteiger partial charge in [0, 0.05) is 0 Å². The van der Waals surface area contributed by atoms with Crippen molar-refractivity contribution in [2.75, 3.05) is 29.2 Å². The van der Waals surface area contributed by atoms with Gasteiger partial charge in [-0.2, -0.15) is 9.05 Å². The zero-order chi connectivity index (χ0) is 15.5. The number of nitrogens with two attached hydrogens (primary N) is 1. The summed E-state index contributed by atoms with van der Waals surface area (Å²) in [6.45, 7) is 0.244. The van der Waals surface area contributed by atoms with Gasteiger partial charge >= 0.3 is 15.4 Å². The molecule has 1 aromatic heterocycles. The standard InChI is InChI=1S/C10H13BFN5O4P/c11-22(18)19-1-4-7(21-22)5(12)10(20-4)17-3-16-6-8(13)14-2-15-9(6)17/h2,4-5,7,10,16,18H,1,3H2,(H2,13,14,15)/q+1/t4?,5?,7-,10?,22?/m1/s1. The Bertz CT molecular complexity index is 613. The highest BCUT2D eigenvalue weighted by atomic mass is 31.2. The normalized spacial score (nSPS) is 40.2. The third kappa shape index (κ3) is 2.12. The molecular formula is C10H13BFN5O4P+. The molecule has 12 heteroatoms. The van der Waals surface area contributed by atoms with E-state index >= 15 is 0 Å². The van der Waals surface area contributed by atoms with Gasteiger partial charge in [-0.05, 0) is 0 Å². The third-order valence-electron chi connectivity index (χ3n) is 3.83. The maximum absolute atomic E-state index is 14.7. The van der Waals surface area contributed by atoms with Gasteiger partial charge in [-0.25, -0.2) is 19.3 Å². The minimum absolute atomic E-state index is 0.0254. The first-order chi connectivity index (χ1) is 10.5. The molecule has 3 aliphatic rings. The number of alkyl halides is 1. The number of rotatable bonds is 1. The van der Waals surface area contributed by atoms with Crippen LogP contribution in [0.1, 0.15) is 0 Å². The number of halogens is 1. The van der Waals surface area contributed by atoms with E-state index in [1.54, 1.807) is 4.90 Å². The average Bonchev–Trinajstić information content (AvgIpc) is 3.01. The van der Waals surface area contributed by atoms with Gasteiger partial charge in [0.1, 0.15) is 24.7 Å². The first kappa shape index (κ1) is 14.3. The number of hydrogen-bond acceptors (Lipinski definition) is 9. The highest BCUT2D eigenvalue weighted by Gasteiger charge is 2.59. The van der Waals surface area contributed by atoms with Gasteiger partial charge in [-0.15, -0.1) is 0 Å². The van der Waals surface area contributed by atoms with Gasteiger partial charge in [0.2, 0.25) is 0 Å². The second-order valence-electron chi connectivity index (χ2n) is 5.20. The van der Waals surface area contributed by atoms with Crippen molar-refractivity contribution in [3.63, 3.8) is 0 Å². The lowest BCUT2D eigenvalue weighted by Gasteiger charge is -2.27. The monoisotopic (exact) mass is 328 g/mol. The number of anilines is 3. The summed E-state index contributed by atoms with van der Waals surface area (Å²) in [5.41, 5.74) is 6.29. The van der Waals surface area contributed by atoms with E-state index in [0.29, 0.717) is 11.5 Å². The fraction of sp³-hybridized carbons (Fsp3) is 0.600. The van der Waals surface area contributed by atoms with Gasteiger partial charge in [0.05, 0.1) is 6.67 Å². The first-order valence-corrected chi connectivity index (χ1v) is 8.25. The highest BCUT2D eigenvalue weighted by molar-refractivity contribution is 7.85. The summed E-state index contributed by atoms with van der Waals surface area (Å²) < 4.78 is 30.5. The Labute approximate surface area is 126 Å². The molecule has 0 spiro atoms. The van der Waals surface area contributed by atoms with Crippen LogP contribution in [0.25, 0.3) is 0 Å². The van der Waals surface area contributed by atoms with Crippen molar-refractivity contribution >= 4 is 32.7 Å². The first-order valence-electron chi connectivity index (χ1n) is 6.60. The number of nitrogens with zero attached hydrogens (tertiary/aromatic N) is 3. The fourth-order valence-electron chi connectivity index (χ4n) is 2.82. The van der Waals surface area contributed by atoms with Gasteiger partial charge in [0.25, 0.3) is 0 Å². The predicted molar refractivity (Wildman–Crippen MR) is 76.7 cm³/mol. The number of hydrogen-bond donors (Lipinski definition) is 3. The molecule has 0 saturated carbocycles. The topological polar surface area (TPSA) is 115 Å². The Morgan fingerprint density at radius 1 is 1.55 bits per heavy atom. The SMILES string of the molecule is [B][P+]1(O)OCC2OC(N3CNc4c(N)ncnc43)C(F)[C@@H]2O1. The summed E-state index contributed by atoms with van der Waals surface area (Å²) in [4.78, 5) is 19.2. The van der Waals surface area contributed by atoms with Crippen molar-refractivity contribution in [3.05, 3.63) is 6.33 Å². The van der Waals surface area contributed by atoms with Crippen LogP contribution in [0.15, 0.2) is 6.33 Å². The summed E-state index contributed by atoms with van der Waals surface area (Å²) in [5, 5.41) is 3.00. The molecule has 2 fully saturated rings. The van der Waals surface area contributed by atoms with Crippen LogP contribution < -0.4 is 16.0 Å². The van der Waals surface area contributed by atoms with Gasteiger partial charge in [-0.3, -0.25) is 0 Å². The van der Waals surface area contributed by atoms with Crippen LogP contribution in [0.3, 0.4) is 0 Å². The van der Waals surface area contributed by atoms with Crippen LogP contribution in [0.5, 0.6) is 0 Å². The van der Waals surface area contributed by atoms with E-state index in [1.807, 2.05) is 0 Å². The zero-order valence-electron chi connectivity index (χ0n) is 11.3. The molecule has 2 saturated heterocycles.